The SMILES string of the molecule is O=[C]C(c1ccc(Cl)cc1)S(=O)(=O)O. The van der Waals surface area contributed by atoms with Crippen LogP contribution in [0.1, 0.15) is 10.8 Å². The molecule has 75 valence electrons. The third kappa shape index (κ3) is 2.54. The standard InChI is InChI=1S/C8H6ClO4S/c9-7-3-1-6(2-4-7)8(5-10)14(11,12)13/h1-4,8H,(H,11,12,13). The zero-order valence-corrected chi connectivity index (χ0v) is 8.42. The second-order valence-electron chi connectivity index (χ2n) is 2.56. The van der Waals surface area contributed by atoms with Crippen LogP contribution in [-0.4, -0.2) is 19.3 Å². The minimum absolute atomic E-state index is 0.131. The highest BCUT2D eigenvalue weighted by Gasteiger charge is 2.25. The first-order valence-corrected chi connectivity index (χ1v) is 5.42. The second-order valence-corrected chi connectivity index (χ2v) is 4.50. The Hall–Kier alpha value is -0.910. The normalized spacial score (nSPS) is 13.6. The quantitative estimate of drug-likeness (QED) is 0.801. The van der Waals surface area contributed by atoms with Crippen molar-refractivity contribution in [2.45, 2.75) is 5.25 Å². The topological polar surface area (TPSA) is 71.4 Å². The number of hydrogen-bond donors (Lipinski definition) is 1. The summed E-state index contributed by atoms with van der Waals surface area (Å²) in [5.74, 6) is 0. The maximum Gasteiger partial charge on any atom is 0.279 e. The van der Waals surface area contributed by atoms with Crippen LogP contribution in [0, 0.1) is 0 Å². The van der Waals surface area contributed by atoms with E-state index < -0.39 is 15.4 Å². The number of benzene rings is 1. The fourth-order valence-corrected chi connectivity index (χ4v) is 1.69. The second kappa shape index (κ2) is 4.08. The van der Waals surface area contributed by atoms with Crippen molar-refractivity contribution in [1.29, 1.82) is 0 Å². The fraction of sp³-hybridized carbons (Fsp3) is 0.125. The zero-order chi connectivity index (χ0) is 10.8. The Morgan fingerprint density at radius 2 is 1.79 bits per heavy atom. The van der Waals surface area contributed by atoms with E-state index in [4.69, 9.17) is 16.2 Å². The van der Waals surface area contributed by atoms with Crippen molar-refractivity contribution in [2.75, 3.05) is 0 Å². The van der Waals surface area contributed by atoms with Gasteiger partial charge < -0.3 is 0 Å². The van der Waals surface area contributed by atoms with Crippen LogP contribution < -0.4 is 0 Å². The van der Waals surface area contributed by atoms with Crippen LogP contribution >= 0.6 is 11.6 Å². The van der Waals surface area contributed by atoms with Gasteiger partial charge in [0.05, 0.1) is 0 Å². The Balaban J connectivity index is 3.15. The average molecular weight is 234 g/mol. The predicted molar refractivity (Wildman–Crippen MR) is 51.4 cm³/mol. The third-order valence-electron chi connectivity index (χ3n) is 1.58. The van der Waals surface area contributed by atoms with E-state index >= 15 is 0 Å². The van der Waals surface area contributed by atoms with Gasteiger partial charge in [-0.1, -0.05) is 23.7 Å². The summed E-state index contributed by atoms with van der Waals surface area (Å²) < 4.78 is 30.1. The predicted octanol–water partition coefficient (Wildman–Crippen LogP) is 1.38. The Morgan fingerprint density at radius 1 is 1.29 bits per heavy atom. The Bertz CT molecular complexity index is 423. The molecule has 0 aliphatic heterocycles. The summed E-state index contributed by atoms with van der Waals surface area (Å²) in [6, 6.07) is 5.52. The van der Waals surface area contributed by atoms with Crippen molar-refractivity contribution in [2.24, 2.45) is 0 Å². The molecule has 1 atom stereocenters. The van der Waals surface area contributed by atoms with Gasteiger partial charge >= 0.3 is 0 Å². The van der Waals surface area contributed by atoms with E-state index in [0.29, 0.717) is 5.02 Å². The molecular formula is C8H6ClO4S. The van der Waals surface area contributed by atoms with Crippen LogP contribution in [0.25, 0.3) is 0 Å². The molecular weight excluding hydrogens is 228 g/mol. The van der Waals surface area contributed by atoms with E-state index in [2.05, 4.69) is 0 Å². The summed E-state index contributed by atoms with van der Waals surface area (Å²) in [6.07, 6.45) is 1.25. The van der Waals surface area contributed by atoms with Crippen LogP contribution in [0.15, 0.2) is 24.3 Å². The van der Waals surface area contributed by atoms with Gasteiger partial charge in [-0.15, -0.1) is 0 Å². The molecule has 1 rings (SSSR count). The Kier molecular flexibility index (Phi) is 3.25. The molecule has 0 fully saturated rings. The van der Waals surface area contributed by atoms with E-state index in [1.807, 2.05) is 0 Å². The molecule has 6 heteroatoms. The molecule has 1 aromatic rings. The molecule has 1 aromatic carbocycles. The average Bonchev–Trinajstić information content (AvgIpc) is 2.07. The lowest BCUT2D eigenvalue weighted by molar-refractivity contribution is 0.474. The number of halogens is 1. The molecule has 0 spiro atoms. The van der Waals surface area contributed by atoms with Crippen molar-refractivity contribution < 1.29 is 17.8 Å². The molecule has 0 aliphatic carbocycles. The molecule has 0 aliphatic rings. The van der Waals surface area contributed by atoms with Crippen molar-refractivity contribution in [3.8, 4) is 0 Å². The van der Waals surface area contributed by atoms with Crippen LogP contribution in [0.5, 0.6) is 0 Å². The van der Waals surface area contributed by atoms with E-state index in [1.54, 1.807) is 0 Å². The van der Waals surface area contributed by atoms with E-state index in [-0.39, 0.29) is 5.56 Å². The van der Waals surface area contributed by atoms with E-state index in [0.717, 1.165) is 0 Å². The first-order valence-electron chi connectivity index (χ1n) is 3.54. The van der Waals surface area contributed by atoms with Gasteiger partial charge in [-0.25, -0.2) is 0 Å². The highest BCUT2D eigenvalue weighted by atomic mass is 35.5. The molecule has 0 saturated heterocycles. The first-order chi connectivity index (χ1) is 6.45. The van der Waals surface area contributed by atoms with Gasteiger partial charge in [0.1, 0.15) is 0 Å². The summed E-state index contributed by atoms with van der Waals surface area (Å²) in [6.45, 7) is 0. The lowest BCUT2D eigenvalue weighted by Crippen LogP contribution is -2.13. The summed E-state index contributed by atoms with van der Waals surface area (Å²) in [5.41, 5.74) is 0.131. The molecule has 0 aromatic heterocycles. The molecule has 0 amide bonds. The molecule has 4 nitrogen and oxygen atoms in total. The lowest BCUT2D eigenvalue weighted by Gasteiger charge is -2.05. The lowest BCUT2D eigenvalue weighted by atomic mass is 10.2. The molecule has 1 N–H and O–H groups in total. The molecule has 0 heterocycles. The summed E-state index contributed by atoms with van der Waals surface area (Å²) >= 11 is 5.56. The minimum atomic E-state index is -4.45. The van der Waals surface area contributed by atoms with Crippen LogP contribution in [-0.2, 0) is 14.9 Å². The molecule has 0 saturated carbocycles. The van der Waals surface area contributed by atoms with Gasteiger partial charge in [0.2, 0.25) is 6.29 Å². The smallest absolute Gasteiger partial charge is 0.279 e. The number of carbonyl (C=O) groups excluding carboxylic acids is 1. The molecule has 1 radical (unpaired) electrons. The van der Waals surface area contributed by atoms with Crippen LogP contribution in [0.3, 0.4) is 0 Å². The number of hydrogen-bond acceptors (Lipinski definition) is 3. The van der Waals surface area contributed by atoms with Gasteiger partial charge in [0.25, 0.3) is 10.1 Å². The molecule has 1 unspecified atom stereocenters. The number of rotatable bonds is 3. The maximum atomic E-state index is 10.7. The maximum absolute atomic E-state index is 10.7. The van der Waals surface area contributed by atoms with Gasteiger partial charge in [-0.05, 0) is 17.7 Å². The van der Waals surface area contributed by atoms with Crippen molar-refractivity contribution in [3.63, 3.8) is 0 Å². The minimum Gasteiger partial charge on any atom is -0.289 e. The van der Waals surface area contributed by atoms with Crippen LogP contribution in [0.2, 0.25) is 5.02 Å². The molecule has 14 heavy (non-hydrogen) atoms. The van der Waals surface area contributed by atoms with Crippen LogP contribution in [0.4, 0.5) is 0 Å². The highest BCUT2D eigenvalue weighted by molar-refractivity contribution is 7.86. The Labute approximate surface area is 86.3 Å². The van der Waals surface area contributed by atoms with Gasteiger partial charge in [0.15, 0.2) is 5.25 Å². The first kappa shape index (κ1) is 11.2. The third-order valence-corrected chi connectivity index (χ3v) is 2.79. The van der Waals surface area contributed by atoms with Crippen molar-refractivity contribution in [1.82, 2.24) is 0 Å². The van der Waals surface area contributed by atoms with Gasteiger partial charge in [-0.3, -0.25) is 9.35 Å². The van der Waals surface area contributed by atoms with E-state index in [1.165, 1.54) is 30.6 Å². The summed E-state index contributed by atoms with van der Waals surface area (Å²) in [5, 5.41) is -1.26. The van der Waals surface area contributed by atoms with Gasteiger partial charge in [-0.2, -0.15) is 8.42 Å². The summed E-state index contributed by atoms with van der Waals surface area (Å²) in [4.78, 5) is 10.3. The largest absolute Gasteiger partial charge is 0.289 e. The van der Waals surface area contributed by atoms with Gasteiger partial charge in [0, 0.05) is 5.02 Å². The highest BCUT2D eigenvalue weighted by Crippen LogP contribution is 2.20. The Morgan fingerprint density at radius 3 is 2.14 bits per heavy atom. The molecule has 0 bridgehead atoms. The van der Waals surface area contributed by atoms with Crippen molar-refractivity contribution in [3.05, 3.63) is 34.9 Å². The van der Waals surface area contributed by atoms with Crippen molar-refractivity contribution >= 4 is 28.0 Å². The zero-order valence-electron chi connectivity index (χ0n) is 6.84. The summed E-state index contributed by atoms with van der Waals surface area (Å²) in [7, 11) is -4.45. The monoisotopic (exact) mass is 233 g/mol. The fourth-order valence-electron chi connectivity index (χ4n) is 0.938. The van der Waals surface area contributed by atoms with E-state index in [9.17, 15) is 13.2 Å².